The van der Waals surface area contributed by atoms with Gasteiger partial charge in [-0.2, -0.15) is 0 Å². The third kappa shape index (κ3) is 4.37. The minimum Gasteiger partial charge on any atom is -0.337 e. The molecular weight excluding hydrogens is 385 g/mol. The summed E-state index contributed by atoms with van der Waals surface area (Å²) in [5, 5.41) is 0. The number of benzene rings is 1. The van der Waals surface area contributed by atoms with Crippen molar-refractivity contribution >= 4 is 17.2 Å². The zero-order chi connectivity index (χ0) is 20.4. The first-order chi connectivity index (χ1) is 14.0. The van der Waals surface area contributed by atoms with Crippen LogP contribution in [0.5, 0.6) is 0 Å². The van der Waals surface area contributed by atoms with E-state index in [9.17, 15) is 9.18 Å². The summed E-state index contributed by atoms with van der Waals surface area (Å²) in [6.07, 6.45) is 2.49. The predicted molar refractivity (Wildman–Crippen MR) is 113 cm³/mol. The van der Waals surface area contributed by atoms with Crippen LogP contribution >= 0.6 is 11.3 Å². The SMILES string of the molecule is Cc1cc(Cc2ccccc2F)cc(C2CCCN(C(=O)c3scnc3C)C2)n1. The molecule has 1 saturated heterocycles. The number of carbonyl (C=O) groups excluding carboxylic acids is 1. The van der Waals surface area contributed by atoms with Crippen molar-refractivity contribution in [2.24, 2.45) is 0 Å². The van der Waals surface area contributed by atoms with Crippen molar-refractivity contribution in [2.75, 3.05) is 13.1 Å². The molecule has 0 spiro atoms. The highest BCUT2D eigenvalue weighted by Crippen LogP contribution is 2.29. The van der Waals surface area contributed by atoms with Gasteiger partial charge in [-0.05, 0) is 56.0 Å². The van der Waals surface area contributed by atoms with Crippen molar-refractivity contribution in [1.82, 2.24) is 14.9 Å². The van der Waals surface area contributed by atoms with E-state index < -0.39 is 0 Å². The van der Waals surface area contributed by atoms with E-state index in [-0.39, 0.29) is 17.6 Å². The number of aromatic nitrogens is 2. The highest BCUT2D eigenvalue weighted by atomic mass is 32.1. The van der Waals surface area contributed by atoms with Crippen molar-refractivity contribution in [3.05, 3.63) is 80.8 Å². The van der Waals surface area contributed by atoms with Gasteiger partial charge in [-0.3, -0.25) is 9.78 Å². The lowest BCUT2D eigenvalue weighted by atomic mass is 9.92. The first-order valence-electron chi connectivity index (χ1n) is 9.91. The molecule has 0 saturated carbocycles. The molecule has 0 aliphatic carbocycles. The number of rotatable bonds is 4. The Labute approximate surface area is 174 Å². The molecule has 0 N–H and O–H groups in total. The lowest BCUT2D eigenvalue weighted by Crippen LogP contribution is -2.39. The highest BCUT2D eigenvalue weighted by Gasteiger charge is 2.28. The number of amides is 1. The Morgan fingerprint density at radius 1 is 1.28 bits per heavy atom. The summed E-state index contributed by atoms with van der Waals surface area (Å²) in [7, 11) is 0. The van der Waals surface area contributed by atoms with Crippen LogP contribution in [0.1, 0.15) is 56.6 Å². The molecular formula is C23H24FN3OS. The van der Waals surface area contributed by atoms with E-state index in [1.807, 2.05) is 36.9 Å². The van der Waals surface area contributed by atoms with Crippen molar-refractivity contribution in [3.8, 4) is 0 Å². The third-order valence-electron chi connectivity index (χ3n) is 5.45. The normalized spacial score (nSPS) is 16.8. The number of pyridine rings is 1. The maximum absolute atomic E-state index is 14.1. The second kappa shape index (κ2) is 8.41. The van der Waals surface area contributed by atoms with Gasteiger partial charge in [-0.25, -0.2) is 9.37 Å². The summed E-state index contributed by atoms with van der Waals surface area (Å²) < 4.78 is 14.1. The Hall–Kier alpha value is -2.60. The Balaban J connectivity index is 1.54. The van der Waals surface area contributed by atoms with Crippen LogP contribution in [0.3, 0.4) is 0 Å². The van der Waals surface area contributed by atoms with Gasteiger partial charge in [0.1, 0.15) is 10.7 Å². The minimum absolute atomic E-state index is 0.0638. The number of halogens is 1. The van der Waals surface area contributed by atoms with Crippen LogP contribution in [0.25, 0.3) is 0 Å². The minimum atomic E-state index is -0.183. The molecule has 1 fully saturated rings. The van der Waals surface area contributed by atoms with Crippen LogP contribution in [-0.2, 0) is 6.42 Å². The van der Waals surface area contributed by atoms with Gasteiger partial charge < -0.3 is 4.90 Å². The molecule has 1 aliphatic rings. The largest absolute Gasteiger partial charge is 0.337 e. The van der Waals surface area contributed by atoms with E-state index in [4.69, 9.17) is 4.98 Å². The number of hydrogen-bond donors (Lipinski definition) is 0. The Morgan fingerprint density at radius 3 is 2.86 bits per heavy atom. The summed E-state index contributed by atoms with van der Waals surface area (Å²) in [6.45, 7) is 5.27. The summed E-state index contributed by atoms with van der Waals surface area (Å²) in [4.78, 5) is 24.5. The monoisotopic (exact) mass is 409 g/mol. The average molecular weight is 410 g/mol. The van der Waals surface area contributed by atoms with E-state index in [0.29, 0.717) is 18.5 Å². The lowest BCUT2D eigenvalue weighted by Gasteiger charge is -2.32. The zero-order valence-corrected chi connectivity index (χ0v) is 17.5. The van der Waals surface area contributed by atoms with Crippen molar-refractivity contribution in [1.29, 1.82) is 0 Å². The summed E-state index contributed by atoms with van der Waals surface area (Å²) in [5.74, 6) is 0.0759. The van der Waals surface area contributed by atoms with Gasteiger partial charge in [0.2, 0.25) is 0 Å². The van der Waals surface area contributed by atoms with Gasteiger partial charge in [-0.1, -0.05) is 18.2 Å². The Morgan fingerprint density at radius 2 is 2.10 bits per heavy atom. The Bertz CT molecular complexity index is 1030. The van der Waals surface area contributed by atoms with Crippen LogP contribution in [0.15, 0.2) is 41.9 Å². The fourth-order valence-corrected chi connectivity index (χ4v) is 4.76. The third-order valence-corrected chi connectivity index (χ3v) is 6.37. The lowest BCUT2D eigenvalue weighted by molar-refractivity contribution is 0.0710. The van der Waals surface area contributed by atoms with Gasteiger partial charge in [0.25, 0.3) is 5.91 Å². The van der Waals surface area contributed by atoms with Crippen LogP contribution in [0.4, 0.5) is 4.39 Å². The topological polar surface area (TPSA) is 46.1 Å². The summed E-state index contributed by atoms with van der Waals surface area (Å²) >= 11 is 1.40. The van der Waals surface area contributed by atoms with Gasteiger partial charge in [0.05, 0.1) is 11.2 Å². The van der Waals surface area contributed by atoms with Crippen molar-refractivity contribution in [3.63, 3.8) is 0 Å². The molecule has 2 aromatic heterocycles. The highest BCUT2D eigenvalue weighted by molar-refractivity contribution is 7.11. The molecule has 3 aromatic rings. The maximum atomic E-state index is 14.1. The molecule has 0 bridgehead atoms. The number of piperidine rings is 1. The second-order valence-electron chi connectivity index (χ2n) is 7.67. The molecule has 150 valence electrons. The standard InChI is InChI=1S/C23H24FN3OS/c1-15-10-17(11-18-6-3-4-8-20(18)24)12-21(26-15)19-7-5-9-27(13-19)23(28)22-16(2)25-14-29-22/h3-4,6,8,10,12,14,19H,5,7,9,11,13H2,1-2H3. The number of nitrogens with zero attached hydrogens (tertiary/aromatic N) is 3. The van der Waals surface area contributed by atoms with E-state index in [0.717, 1.165) is 46.9 Å². The van der Waals surface area contributed by atoms with Crippen LogP contribution in [-0.4, -0.2) is 33.9 Å². The first-order valence-corrected chi connectivity index (χ1v) is 10.8. The molecule has 3 heterocycles. The van der Waals surface area contributed by atoms with Gasteiger partial charge in [0, 0.05) is 36.8 Å². The number of thiazole rings is 1. The molecule has 1 amide bonds. The smallest absolute Gasteiger partial charge is 0.265 e. The number of likely N-dealkylation sites (tertiary alicyclic amines) is 1. The average Bonchev–Trinajstić information content (AvgIpc) is 3.15. The number of carbonyl (C=O) groups is 1. The molecule has 4 nitrogen and oxygen atoms in total. The van der Waals surface area contributed by atoms with E-state index in [1.54, 1.807) is 11.6 Å². The molecule has 0 radical (unpaired) electrons. The second-order valence-corrected chi connectivity index (χ2v) is 8.52. The zero-order valence-electron chi connectivity index (χ0n) is 16.7. The van der Waals surface area contributed by atoms with Crippen LogP contribution in [0.2, 0.25) is 0 Å². The maximum Gasteiger partial charge on any atom is 0.265 e. The fourth-order valence-electron chi connectivity index (χ4n) is 3.99. The predicted octanol–water partition coefficient (Wildman–Crippen LogP) is 4.90. The molecule has 6 heteroatoms. The summed E-state index contributed by atoms with van der Waals surface area (Å²) in [5.41, 5.74) is 6.18. The quantitative estimate of drug-likeness (QED) is 0.615. The molecule has 1 unspecified atom stereocenters. The Kier molecular flexibility index (Phi) is 5.72. The molecule has 1 aromatic carbocycles. The molecule has 29 heavy (non-hydrogen) atoms. The summed E-state index contributed by atoms with van der Waals surface area (Å²) in [6, 6.07) is 11.0. The van der Waals surface area contributed by atoms with E-state index >= 15 is 0 Å². The van der Waals surface area contributed by atoms with Gasteiger partial charge in [-0.15, -0.1) is 11.3 Å². The van der Waals surface area contributed by atoms with Crippen LogP contribution < -0.4 is 0 Å². The fraction of sp³-hybridized carbons (Fsp3) is 0.348. The number of hydrogen-bond acceptors (Lipinski definition) is 4. The van der Waals surface area contributed by atoms with E-state index in [1.165, 1.54) is 17.4 Å². The van der Waals surface area contributed by atoms with Crippen LogP contribution in [0, 0.1) is 19.7 Å². The number of aryl methyl sites for hydroxylation is 2. The van der Waals surface area contributed by atoms with Gasteiger partial charge >= 0.3 is 0 Å². The van der Waals surface area contributed by atoms with E-state index in [2.05, 4.69) is 11.1 Å². The first kappa shape index (κ1) is 19.7. The van der Waals surface area contributed by atoms with Gasteiger partial charge in [0.15, 0.2) is 0 Å². The molecule has 1 atom stereocenters. The molecule has 4 rings (SSSR count). The van der Waals surface area contributed by atoms with Crippen molar-refractivity contribution in [2.45, 2.75) is 39.0 Å². The molecule has 1 aliphatic heterocycles. The van der Waals surface area contributed by atoms with Crippen molar-refractivity contribution < 1.29 is 9.18 Å².